The van der Waals surface area contributed by atoms with Gasteiger partial charge in [0.25, 0.3) is 11.6 Å². The van der Waals surface area contributed by atoms with Gasteiger partial charge in [-0.15, -0.1) is 0 Å². The van der Waals surface area contributed by atoms with Crippen molar-refractivity contribution in [2.45, 2.75) is 12.4 Å². The van der Waals surface area contributed by atoms with Crippen LogP contribution in [0, 0.1) is 10.1 Å². The van der Waals surface area contributed by atoms with Gasteiger partial charge in [0.15, 0.2) is 0 Å². The molecule has 0 aromatic heterocycles. The predicted molar refractivity (Wildman–Crippen MR) is 91.9 cm³/mol. The van der Waals surface area contributed by atoms with Crippen LogP contribution in [0.5, 0.6) is 11.5 Å². The molecular weight excluding hydrogens is 462 g/mol. The number of halogens is 6. The molecule has 168 valence electrons. The second-order valence-electron chi connectivity index (χ2n) is 5.95. The van der Waals surface area contributed by atoms with Crippen molar-refractivity contribution in [1.82, 2.24) is 4.72 Å². The zero-order valence-electron chi connectivity index (χ0n) is 15.0. The number of hydrogen-bond acceptors (Lipinski definition) is 6. The Morgan fingerprint density at radius 2 is 1.65 bits per heavy atom. The maximum atomic E-state index is 13.2. The first-order valence-corrected chi connectivity index (χ1v) is 9.65. The summed E-state index contributed by atoms with van der Waals surface area (Å²) in [5.41, 5.74) is -5.14. The smallest absolute Gasteiger partial charge is 0.420 e. The topological polar surface area (TPSA) is 116 Å². The highest BCUT2D eigenvalue weighted by Crippen LogP contribution is 2.42. The van der Waals surface area contributed by atoms with Crippen LogP contribution >= 0.6 is 0 Å². The Hall–Kier alpha value is -3.36. The van der Waals surface area contributed by atoms with E-state index in [2.05, 4.69) is 0 Å². The Bertz CT molecular complexity index is 1140. The maximum absolute atomic E-state index is 13.2. The normalized spacial score (nSPS) is 12.4. The molecule has 8 nitrogen and oxygen atoms in total. The standard InChI is InChI=1S/C16H10F6N2O6S/c1-31(28,29)23-14(25)10-7-9(3-4-12(10)24(26)27)30-13-5-2-8(15(17,18)19)6-11(13)16(20,21)22/h2-7H,1H3,(H,23,25). The first-order valence-electron chi connectivity index (χ1n) is 7.76. The number of nitro benzene ring substituents is 1. The lowest BCUT2D eigenvalue weighted by atomic mass is 10.1. The summed E-state index contributed by atoms with van der Waals surface area (Å²) in [6, 6.07) is 2.56. The molecule has 2 aromatic rings. The highest BCUT2D eigenvalue weighted by molar-refractivity contribution is 7.89. The van der Waals surface area contributed by atoms with Crippen LogP contribution in [0.4, 0.5) is 32.0 Å². The third-order valence-electron chi connectivity index (χ3n) is 3.53. The van der Waals surface area contributed by atoms with E-state index in [0.29, 0.717) is 30.5 Å². The van der Waals surface area contributed by atoms with Crippen LogP contribution < -0.4 is 9.46 Å². The number of alkyl halides is 6. The van der Waals surface area contributed by atoms with Gasteiger partial charge in [-0.1, -0.05) is 0 Å². The van der Waals surface area contributed by atoms with Crippen molar-refractivity contribution in [2.75, 3.05) is 6.26 Å². The number of ether oxygens (including phenoxy) is 1. The van der Waals surface area contributed by atoms with Crippen LogP contribution in [0.2, 0.25) is 0 Å². The van der Waals surface area contributed by atoms with E-state index < -0.39 is 67.1 Å². The molecular formula is C16H10F6N2O6S. The van der Waals surface area contributed by atoms with Gasteiger partial charge in [-0.05, 0) is 24.3 Å². The molecule has 0 saturated carbocycles. The van der Waals surface area contributed by atoms with E-state index in [9.17, 15) is 49.7 Å². The number of carbonyl (C=O) groups excluding carboxylic acids is 1. The molecule has 1 amide bonds. The third kappa shape index (κ3) is 6.07. The minimum absolute atomic E-state index is 0.183. The molecule has 2 aromatic carbocycles. The summed E-state index contributed by atoms with van der Waals surface area (Å²) in [6.45, 7) is 0. The van der Waals surface area contributed by atoms with Crippen molar-refractivity contribution in [1.29, 1.82) is 0 Å². The van der Waals surface area contributed by atoms with E-state index in [1.807, 2.05) is 0 Å². The van der Waals surface area contributed by atoms with Crippen molar-refractivity contribution in [3.8, 4) is 11.5 Å². The Kier molecular flexibility index (Phi) is 6.21. The molecule has 0 aliphatic heterocycles. The SMILES string of the molecule is CS(=O)(=O)NC(=O)c1cc(Oc2ccc(C(F)(F)F)cc2C(F)(F)F)ccc1[N+](=O)[O-]. The zero-order valence-corrected chi connectivity index (χ0v) is 15.9. The van der Waals surface area contributed by atoms with Gasteiger partial charge in [0.05, 0.1) is 22.3 Å². The van der Waals surface area contributed by atoms with Crippen LogP contribution in [-0.4, -0.2) is 25.5 Å². The van der Waals surface area contributed by atoms with Gasteiger partial charge in [-0.2, -0.15) is 26.3 Å². The molecule has 0 spiro atoms. The van der Waals surface area contributed by atoms with E-state index in [0.717, 1.165) is 6.07 Å². The lowest BCUT2D eigenvalue weighted by molar-refractivity contribution is -0.385. The van der Waals surface area contributed by atoms with E-state index >= 15 is 0 Å². The molecule has 0 bridgehead atoms. The molecule has 0 fully saturated rings. The lowest BCUT2D eigenvalue weighted by Gasteiger charge is -2.16. The average molecular weight is 472 g/mol. The summed E-state index contributed by atoms with van der Waals surface area (Å²) in [7, 11) is -4.15. The summed E-state index contributed by atoms with van der Waals surface area (Å²) >= 11 is 0. The Morgan fingerprint density at radius 1 is 1.03 bits per heavy atom. The zero-order chi connectivity index (χ0) is 23.8. The Labute approximate surface area is 169 Å². The van der Waals surface area contributed by atoms with Gasteiger partial charge in [0.1, 0.15) is 17.1 Å². The second kappa shape index (κ2) is 8.05. The van der Waals surface area contributed by atoms with Gasteiger partial charge >= 0.3 is 12.4 Å². The number of benzene rings is 2. The van der Waals surface area contributed by atoms with Crippen LogP contribution in [0.25, 0.3) is 0 Å². The van der Waals surface area contributed by atoms with Crippen LogP contribution in [-0.2, 0) is 22.4 Å². The summed E-state index contributed by atoms with van der Waals surface area (Å²) in [5, 5.41) is 11.1. The first-order chi connectivity index (χ1) is 14.0. The Morgan fingerprint density at radius 3 is 2.13 bits per heavy atom. The fourth-order valence-electron chi connectivity index (χ4n) is 2.29. The molecule has 0 saturated heterocycles. The fourth-order valence-corrected chi connectivity index (χ4v) is 2.73. The first kappa shape index (κ1) is 23.9. The largest absolute Gasteiger partial charge is 0.457 e. The number of carbonyl (C=O) groups is 1. The van der Waals surface area contributed by atoms with Crippen molar-refractivity contribution >= 4 is 21.6 Å². The van der Waals surface area contributed by atoms with Gasteiger partial charge in [0.2, 0.25) is 10.0 Å². The Balaban J connectivity index is 2.55. The molecule has 0 aliphatic carbocycles. The fraction of sp³-hybridized carbons (Fsp3) is 0.188. The van der Waals surface area contributed by atoms with Crippen molar-refractivity contribution < 1.29 is 49.2 Å². The van der Waals surface area contributed by atoms with E-state index in [1.165, 1.54) is 4.72 Å². The van der Waals surface area contributed by atoms with Gasteiger partial charge in [0, 0.05) is 12.1 Å². The molecule has 0 heterocycles. The number of sulfonamides is 1. The molecule has 1 N–H and O–H groups in total. The van der Waals surface area contributed by atoms with Crippen molar-refractivity contribution in [2.24, 2.45) is 0 Å². The van der Waals surface area contributed by atoms with Crippen molar-refractivity contribution in [3.63, 3.8) is 0 Å². The molecule has 0 unspecified atom stereocenters. The number of hydrogen-bond donors (Lipinski definition) is 1. The van der Waals surface area contributed by atoms with Crippen LogP contribution in [0.15, 0.2) is 36.4 Å². The quantitative estimate of drug-likeness (QED) is 0.398. The molecule has 0 aliphatic rings. The van der Waals surface area contributed by atoms with E-state index in [-0.39, 0.29) is 6.07 Å². The summed E-state index contributed by atoms with van der Waals surface area (Å²) < 4.78 is 107. The number of nitrogens with one attached hydrogen (secondary N) is 1. The highest BCUT2D eigenvalue weighted by Gasteiger charge is 2.39. The highest BCUT2D eigenvalue weighted by atomic mass is 32.2. The number of nitrogens with zero attached hydrogens (tertiary/aromatic N) is 1. The van der Waals surface area contributed by atoms with Crippen molar-refractivity contribution in [3.05, 3.63) is 63.2 Å². The second-order valence-corrected chi connectivity index (χ2v) is 7.70. The third-order valence-corrected chi connectivity index (χ3v) is 4.08. The summed E-state index contributed by atoms with van der Waals surface area (Å²) in [5.74, 6) is -3.15. The summed E-state index contributed by atoms with van der Waals surface area (Å²) in [4.78, 5) is 22.0. The molecule has 2 rings (SSSR count). The molecule has 15 heteroatoms. The number of amides is 1. The summed E-state index contributed by atoms with van der Waals surface area (Å²) in [6.07, 6.45) is -9.74. The van der Waals surface area contributed by atoms with Gasteiger partial charge in [-0.25, -0.2) is 13.1 Å². The predicted octanol–water partition coefficient (Wildman–Crippen LogP) is 4.11. The lowest BCUT2D eigenvalue weighted by Crippen LogP contribution is -2.29. The molecule has 0 atom stereocenters. The van der Waals surface area contributed by atoms with Gasteiger partial charge in [-0.3, -0.25) is 14.9 Å². The van der Waals surface area contributed by atoms with E-state index in [1.54, 1.807) is 0 Å². The minimum Gasteiger partial charge on any atom is -0.457 e. The monoisotopic (exact) mass is 472 g/mol. The van der Waals surface area contributed by atoms with Crippen LogP contribution in [0.1, 0.15) is 21.5 Å². The van der Waals surface area contributed by atoms with E-state index in [4.69, 9.17) is 4.74 Å². The molecule has 0 radical (unpaired) electrons. The number of nitro groups is 1. The maximum Gasteiger partial charge on any atom is 0.420 e. The van der Waals surface area contributed by atoms with Gasteiger partial charge < -0.3 is 4.74 Å². The minimum atomic E-state index is -5.26. The average Bonchev–Trinajstić information content (AvgIpc) is 2.58. The molecule has 31 heavy (non-hydrogen) atoms. The number of rotatable bonds is 5. The van der Waals surface area contributed by atoms with Crippen LogP contribution in [0.3, 0.4) is 0 Å².